The summed E-state index contributed by atoms with van der Waals surface area (Å²) >= 11 is 0. The van der Waals surface area contributed by atoms with Crippen molar-refractivity contribution in [3.8, 4) is 17.2 Å². The molecule has 3 nitrogen and oxygen atoms in total. The normalized spacial score (nSPS) is 11.6. The van der Waals surface area contributed by atoms with Crippen LogP contribution in [0.3, 0.4) is 0 Å². The summed E-state index contributed by atoms with van der Waals surface area (Å²) in [5, 5.41) is 3.63. The Labute approximate surface area is 193 Å². The summed E-state index contributed by atoms with van der Waals surface area (Å²) in [5.41, 5.74) is 8.51. The van der Waals surface area contributed by atoms with Crippen molar-refractivity contribution >= 4 is 32.7 Å². The molecule has 0 saturated carbocycles. The molecule has 3 heteroatoms. The molecule has 0 saturated heterocycles. The van der Waals surface area contributed by atoms with Crippen LogP contribution in [0.1, 0.15) is 16.7 Å². The molecule has 0 bridgehead atoms. The molecule has 0 atom stereocenters. The van der Waals surface area contributed by atoms with Crippen molar-refractivity contribution in [2.24, 2.45) is 7.05 Å². The van der Waals surface area contributed by atoms with Crippen molar-refractivity contribution in [3.63, 3.8) is 0 Å². The first-order valence-corrected chi connectivity index (χ1v) is 11.4. The van der Waals surface area contributed by atoms with Gasteiger partial charge in [-0.2, -0.15) is 0 Å². The van der Waals surface area contributed by atoms with Crippen LogP contribution in [0.25, 0.3) is 49.9 Å². The predicted molar refractivity (Wildman–Crippen MR) is 137 cm³/mol. The summed E-state index contributed by atoms with van der Waals surface area (Å²) in [7, 11) is 2.12. The van der Waals surface area contributed by atoms with Crippen molar-refractivity contribution in [2.75, 3.05) is 0 Å². The quantitative estimate of drug-likeness (QED) is 0.280. The molecule has 160 valence electrons. The van der Waals surface area contributed by atoms with Crippen LogP contribution >= 0.6 is 0 Å². The first kappa shape index (κ1) is 19.7. The van der Waals surface area contributed by atoms with E-state index >= 15 is 0 Å². The fraction of sp³-hybridized carbons (Fsp3) is 0.133. The Morgan fingerprint density at radius 3 is 1.94 bits per heavy atom. The Kier molecular flexibility index (Phi) is 4.34. The zero-order valence-corrected chi connectivity index (χ0v) is 19.4. The maximum Gasteiger partial charge on any atom is 0.333 e. The lowest BCUT2D eigenvalue weighted by Gasteiger charge is -2.12. The molecule has 4 aromatic carbocycles. The molecule has 0 amide bonds. The molecule has 0 aliphatic carbocycles. The summed E-state index contributed by atoms with van der Waals surface area (Å²) in [5.74, 6) is 1.95. The SMILES string of the molecule is Cc1cc(C)c(C)c(-c2nc(-n3c4ccccc4c4ccccc43)c3ccccc3[n+]2C)c1. The zero-order valence-electron chi connectivity index (χ0n) is 19.4. The molecule has 0 aliphatic heterocycles. The van der Waals surface area contributed by atoms with Crippen molar-refractivity contribution in [2.45, 2.75) is 20.8 Å². The second-order valence-corrected chi connectivity index (χ2v) is 8.96. The van der Waals surface area contributed by atoms with Gasteiger partial charge in [-0.05, 0) is 72.8 Å². The van der Waals surface area contributed by atoms with Crippen molar-refractivity contribution in [3.05, 3.63) is 102 Å². The Morgan fingerprint density at radius 1 is 0.697 bits per heavy atom. The van der Waals surface area contributed by atoms with Crippen molar-refractivity contribution in [1.29, 1.82) is 0 Å². The van der Waals surface area contributed by atoms with E-state index in [2.05, 4.69) is 122 Å². The van der Waals surface area contributed by atoms with Crippen LogP contribution in [-0.4, -0.2) is 9.55 Å². The number of nitrogens with zero attached hydrogens (tertiary/aromatic N) is 3. The number of fused-ring (bicyclic) bond motifs is 4. The Hall–Kier alpha value is -3.98. The van der Waals surface area contributed by atoms with E-state index in [1.54, 1.807) is 0 Å². The first-order valence-electron chi connectivity index (χ1n) is 11.4. The number of benzene rings is 4. The standard InChI is InChI=1S/C30H26N3/c1-19-17-20(2)21(3)25(18-19)29-31-30(24-13-7-8-14-26(24)32(29)4)33-27-15-9-5-11-22(27)23-12-6-10-16-28(23)33/h5-18H,1-4H3/q+1. The lowest BCUT2D eigenvalue weighted by Crippen LogP contribution is -2.34. The molecular formula is C30H26N3+. The average molecular weight is 429 g/mol. The molecule has 2 heterocycles. The maximum atomic E-state index is 5.38. The molecular weight excluding hydrogens is 402 g/mol. The van der Waals surface area contributed by atoms with E-state index in [-0.39, 0.29) is 0 Å². The van der Waals surface area contributed by atoms with E-state index in [4.69, 9.17) is 4.98 Å². The molecule has 0 radical (unpaired) electrons. The number of para-hydroxylation sites is 3. The summed E-state index contributed by atoms with van der Waals surface area (Å²) in [6, 6.07) is 30.3. The van der Waals surface area contributed by atoms with E-state index in [0.717, 1.165) is 22.5 Å². The highest BCUT2D eigenvalue weighted by atomic mass is 15.1. The van der Waals surface area contributed by atoms with E-state index in [1.165, 1.54) is 44.1 Å². The monoisotopic (exact) mass is 428 g/mol. The van der Waals surface area contributed by atoms with E-state index in [0.29, 0.717) is 0 Å². The van der Waals surface area contributed by atoms with Gasteiger partial charge in [-0.1, -0.05) is 54.6 Å². The third kappa shape index (κ3) is 2.89. The van der Waals surface area contributed by atoms with E-state index in [1.807, 2.05) is 0 Å². The van der Waals surface area contributed by atoms with Gasteiger partial charge in [0.15, 0.2) is 0 Å². The van der Waals surface area contributed by atoms with E-state index < -0.39 is 0 Å². The van der Waals surface area contributed by atoms with Crippen LogP contribution in [0, 0.1) is 20.8 Å². The molecule has 0 spiro atoms. The fourth-order valence-electron chi connectivity index (χ4n) is 5.14. The van der Waals surface area contributed by atoms with Gasteiger partial charge in [0, 0.05) is 10.8 Å². The largest absolute Gasteiger partial charge is 0.333 e. The summed E-state index contributed by atoms with van der Waals surface area (Å²) in [6.45, 7) is 6.53. The molecule has 33 heavy (non-hydrogen) atoms. The number of hydrogen-bond acceptors (Lipinski definition) is 1. The Morgan fingerprint density at radius 2 is 1.27 bits per heavy atom. The van der Waals surface area contributed by atoms with Gasteiger partial charge < -0.3 is 0 Å². The average Bonchev–Trinajstić information content (AvgIpc) is 3.17. The highest BCUT2D eigenvalue weighted by molar-refractivity contribution is 6.10. The lowest BCUT2D eigenvalue weighted by molar-refractivity contribution is -0.636. The first-order chi connectivity index (χ1) is 16.0. The van der Waals surface area contributed by atoms with E-state index in [9.17, 15) is 0 Å². The predicted octanol–water partition coefficient (Wildman–Crippen LogP) is 6.75. The summed E-state index contributed by atoms with van der Waals surface area (Å²) < 4.78 is 4.56. The lowest BCUT2D eigenvalue weighted by atomic mass is 9.99. The van der Waals surface area contributed by atoms with Gasteiger partial charge in [0.25, 0.3) is 5.82 Å². The number of hydrogen-bond donors (Lipinski definition) is 0. The minimum atomic E-state index is 0.967. The molecule has 0 aliphatic rings. The molecule has 6 rings (SSSR count). The van der Waals surface area contributed by atoms with Crippen molar-refractivity contribution < 1.29 is 4.57 Å². The molecule has 0 unspecified atom stereocenters. The number of aromatic nitrogens is 3. The minimum absolute atomic E-state index is 0.967. The minimum Gasteiger partial charge on any atom is -0.272 e. The van der Waals surface area contributed by atoms with Gasteiger partial charge in [-0.3, -0.25) is 4.57 Å². The number of aryl methyl sites for hydroxylation is 3. The highest BCUT2D eigenvalue weighted by Crippen LogP contribution is 2.34. The molecule has 0 fully saturated rings. The molecule has 0 N–H and O–H groups in total. The summed E-state index contributed by atoms with van der Waals surface area (Å²) in [6.07, 6.45) is 0. The second kappa shape index (κ2) is 7.28. The van der Waals surface area contributed by atoms with Gasteiger partial charge in [-0.15, -0.1) is 0 Å². The van der Waals surface area contributed by atoms with Crippen LogP contribution in [0.4, 0.5) is 0 Å². The topological polar surface area (TPSA) is 21.7 Å². The van der Waals surface area contributed by atoms with Crippen molar-refractivity contribution in [1.82, 2.24) is 9.55 Å². The molecule has 2 aromatic heterocycles. The van der Waals surface area contributed by atoms with Gasteiger partial charge in [0.2, 0.25) is 0 Å². The van der Waals surface area contributed by atoms with Gasteiger partial charge in [-0.25, -0.2) is 4.57 Å². The zero-order chi connectivity index (χ0) is 22.7. The van der Waals surface area contributed by atoms with Gasteiger partial charge in [0.05, 0.1) is 29.0 Å². The van der Waals surface area contributed by atoms with Gasteiger partial charge in [0.1, 0.15) is 5.52 Å². The third-order valence-corrected chi connectivity index (χ3v) is 6.88. The smallest absolute Gasteiger partial charge is 0.272 e. The maximum absolute atomic E-state index is 5.38. The van der Waals surface area contributed by atoms with Crippen LogP contribution < -0.4 is 4.57 Å². The van der Waals surface area contributed by atoms with Crippen LogP contribution in [-0.2, 0) is 7.05 Å². The Bertz CT molecular complexity index is 1650. The third-order valence-electron chi connectivity index (χ3n) is 6.88. The second-order valence-electron chi connectivity index (χ2n) is 8.96. The Balaban J connectivity index is 1.80. The summed E-state index contributed by atoms with van der Waals surface area (Å²) in [4.78, 5) is 5.38. The van der Waals surface area contributed by atoms with Crippen LogP contribution in [0.15, 0.2) is 84.9 Å². The van der Waals surface area contributed by atoms with Crippen LogP contribution in [0.5, 0.6) is 0 Å². The number of rotatable bonds is 2. The molecule has 6 aromatic rings. The van der Waals surface area contributed by atoms with Crippen LogP contribution in [0.2, 0.25) is 0 Å². The van der Waals surface area contributed by atoms with Gasteiger partial charge >= 0.3 is 5.82 Å². The highest BCUT2D eigenvalue weighted by Gasteiger charge is 2.26. The fourth-order valence-corrected chi connectivity index (χ4v) is 5.14.